The van der Waals surface area contributed by atoms with Gasteiger partial charge in [-0.15, -0.1) is 0 Å². The topological polar surface area (TPSA) is 83.1 Å². The third-order valence-corrected chi connectivity index (χ3v) is 2.68. The first-order valence-electron chi connectivity index (χ1n) is 5.38. The van der Waals surface area contributed by atoms with Gasteiger partial charge in [0.15, 0.2) is 5.02 Å². The maximum absolute atomic E-state index is 10.7. The SMILES string of the molecule is COc1cc(C)nc(Cn2cc(Cl)c([N+](=O)[O-])n2)c1. The molecule has 2 aromatic rings. The zero-order valence-corrected chi connectivity index (χ0v) is 11.1. The van der Waals surface area contributed by atoms with Crippen molar-refractivity contribution in [3.63, 3.8) is 0 Å². The third-order valence-electron chi connectivity index (χ3n) is 2.41. The number of nitrogens with zero attached hydrogens (tertiary/aromatic N) is 4. The van der Waals surface area contributed by atoms with E-state index in [2.05, 4.69) is 10.1 Å². The number of pyridine rings is 1. The molecule has 0 aliphatic carbocycles. The second kappa shape index (κ2) is 5.23. The highest BCUT2D eigenvalue weighted by molar-refractivity contribution is 6.32. The van der Waals surface area contributed by atoms with Crippen molar-refractivity contribution in [1.29, 1.82) is 0 Å². The van der Waals surface area contributed by atoms with Crippen molar-refractivity contribution in [3.05, 3.63) is 44.9 Å². The van der Waals surface area contributed by atoms with E-state index in [1.165, 1.54) is 10.9 Å². The van der Waals surface area contributed by atoms with E-state index >= 15 is 0 Å². The predicted octanol–water partition coefficient (Wildman–Crippen LogP) is 2.21. The predicted molar refractivity (Wildman–Crippen MR) is 68.5 cm³/mol. The molecule has 0 bridgehead atoms. The number of hydrogen-bond acceptors (Lipinski definition) is 5. The van der Waals surface area contributed by atoms with Gasteiger partial charge in [0.25, 0.3) is 0 Å². The number of hydrogen-bond donors (Lipinski definition) is 0. The van der Waals surface area contributed by atoms with Crippen molar-refractivity contribution in [2.45, 2.75) is 13.5 Å². The van der Waals surface area contributed by atoms with E-state index in [1.54, 1.807) is 19.2 Å². The lowest BCUT2D eigenvalue weighted by Crippen LogP contribution is -2.04. The van der Waals surface area contributed by atoms with Gasteiger partial charge in [-0.1, -0.05) is 11.6 Å². The van der Waals surface area contributed by atoms with E-state index in [-0.39, 0.29) is 17.4 Å². The normalized spacial score (nSPS) is 10.5. The van der Waals surface area contributed by atoms with Gasteiger partial charge in [0.05, 0.1) is 24.1 Å². The fraction of sp³-hybridized carbons (Fsp3) is 0.273. The van der Waals surface area contributed by atoms with E-state index in [0.717, 1.165) is 5.69 Å². The zero-order chi connectivity index (χ0) is 14.0. The Morgan fingerprint density at radius 3 is 2.84 bits per heavy atom. The molecule has 0 saturated carbocycles. The van der Waals surface area contributed by atoms with Crippen molar-refractivity contribution >= 4 is 17.4 Å². The number of nitro groups is 1. The molecular formula is C11H11ClN4O3. The van der Waals surface area contributed by atoms with Crippen LogP contribution in [0.1, 0.15) is 11.4 Å². The highest BCUT2D eigenvalue weighted by atomic mass is 35.5. The van der Waals surface area contributed by atoms with Crippen LogP contribution in [0.4, 0.5) is 5.82 Å². The first kappa shape index (κ1) is 13.3. The molecule has 2 heterocycles. The van der Waals surface area contributed by atoms with Gasteiger partial charge < -0.3 is 14.9 Å². The van der Waals surface area contributed by atoms with E-state index in [4.69, 9.17) is 16.3 Å². The molecule has 0 aliphatic heterocycles. The minimum absolute atomic E-state index is 0.00428. The summed E-state index contributed by atoms with van der Waals surface area (Å²) in [5.74, 6) is 0.316. The van der Waals surface area contributed by atoms with E-state index in [1.807, 2.05) is 6.92 Å². The second-order valence-corrected chi connectivity index (χ2v) is 4.30. The highest BCUT2D eigenvalue weighted by Crippen LogP contribution is 2.22. The summed E-state index contributed by atoms with van der Waals surface area (Å²) >= 11 is 5.73. The molecule has 8 heteroatoms. The van der Waals surface area contributed by atoms with E-state index in [0.29, 0.717) is 11.4 Å². The van der Waals surface area contributed by atoms with Gasteiger partial charge in [0.2, 0.25) is 0 Å². The minimum atomic E-state index is -0.622. The molecule has 0 saturated heterocycles. The summed E-state index contributed by atoms with van der Waals surface area (Å²) < 4.78 is 6.51. The third kappa shape index (κ3) is 3.00. The Hall–Kier alpha value is -2.15. The van der Waals surface area contributed by atoms with Gasteiger partial charge in [0.1, 0.15) is 12.3 Å². The number of halogens is 1. The van der Waals surface area contributed by atoms with Crippen LogP contribution in [0, 0.1) is 17.0 Å². The molecule has 0 atom stereocenters. The highest BCUT2D eigenvalue weighted by Gasteiger charge is 2.19. The van der Waals surface area contributed by atoms with Crippen LogP contribution in [0.3, 0.4) is 0 Å². The number of aromatic nitrogens is 3. The van der Waals surface area contributed by atoms with Crippen LogP contribution in [0.5, 0.6) is 5.75 Å². The Morgan fingerprint density at radius 1 is 1.53 bits per heavy atom. The van der Waals surface area contributed by atoms with Gasteiger partial charge in [-0.2, -0.15) is 4.68 Å². The minimum Gasteiger partial charge on any atom is -0.497 e. The molecule has 100 valence electrons. The molecule has 0 aromatic carbocycles. The van der Waals surface area contributed by atoms with Crippen LogP contribution in [0.25, 0.3) is 0 Å². The maximum atomic E-state index is 10.7. The van der Waals surface area contributed by atoms with Crippen molar-refractivity contribution in [1.82, 2.24) is 14.8 Å². The monoisotopic (exact) mass is 282 g/mol. The quantitative estimate of drug-likeness (QED) is 0.634. The molecule has 2 rings (SSSR count). The molecule has 0 fully saturated rings. The van der Waals surface area contributed by atoms with Crippen LogP contribution in [0.15, 0.2) is 18.3 Å². The number of aryl methyl sites for hydroxylation is 1. The van der Waals surface area contributed by atoms with Crippen molar-refractivity contribution in [2.24, 2.45) is 0 Å². The van der Waals surface area contributed by atoms with Crippen LogP contribution in [0.2, 0.25) is 5.02 Å². The number of rotatable bonds is 4. The molecule has 0 N–H and O–H groups in total. The smallest absolute Gasteiger partial charge is 0.408 e. The summed E-state index contributed by atoms with van der Waals surface area (Å²) in [6.45, 7) is 2.12. The Labute approximate surface area is 113 Å². The first-order valence-corrected chi connectivity index (χ1v) is 5.76. The lowest BCUT2D eigenvalue weighted by Gasteiger charge is -2.04. The Kier molecular flexibility index (Phi) is 3.66. The second-order valence-electron chi connectivity index (χ2n) is 3.90. The summed E-state index contributed by atoms with van der Waals surface area (Å²) in [7, 11) is 1.56. The summed E-state index contributed by atoms with van der Waals surface area (Å²) in [6, 6.07) is 3.54. The van der Waals surface area contributed by atoms with Gasteiger partial charge in [-0.3, -0.25) is 4.98 Å². The number of ether oxygens (including phenoxy) is 1. The summed E-state index contributed by atoms with van der Waals surface area (Å²) in [5.41, 5.74) is 1.48. The molecule has 0 aliphatic rings. The fourth-order valence-corrected chi connectivity index (χ4v) is 1.88. The Bertz CT molecular complexity index is 626. The summed E-state index contributed by atoms with van der Waals surface area (Å²) in [5, 5.41) is 14.5. The van der Waals surface area contributed by atoms with Gasteiger partial charge >= 0.3 is 5.82 Å². The molecule has 19 heavy (non-hydrogen) atoms. The van der Waals surface area contributed by atoms with E-state index < -0.39 is 4.92 Å². The molecule has 7 nitrogen and oxygen atoms in total. The molecule has 0 amide bonds. The van der Waals surface area contributed by atoms with Gasteiger partial charge in [-0.05, 0) is 11.8 Å². The fourth-order valence-electron chi connectivity index (χ4n) is 1.66. The standard InChI is InChI=1S/C11H11ClN4O3/c1-7-3-9(19-2)4-8(13-7)5-15-6-10(12)11(14-15)16(17)18/h3-4,6H,5H2,1-2H3. The molecular weight excluding hydrogens is 272 g/mol. The molecule has 2 aromatic heterocycles. The Balaban J connectivity index is 2.28. The van der Waals surface area contributed by atoms with Crippen LogP contribution < -0.4 is 4.74 Å². The first-order chi connectivity index (χ1) is 8.99. The average molecular weight is 283 g/mol. The van der Waals surface area contributed by atoms with Gasteiger partial charge in [-0.25, -0.2) is 0 Å². The largest absolute Gasteiger partial charge is 0.497 e. The lowest BCUT2D eigenvalue weighted by molar-refractivity contribution is -0.389. The molecule has 0 radical (unpaired) electrons. The van der Waals surface area contributed by atoms with Crippen LogP contribution in [-0.2, 0) is 6.54 Å². The lowest BCUT2D eigenvalue weighted by atomic mass is 10.3. The van der Waals surface area contributed by atoms with Crippen LogP contribution in [-0.4, -0.2) is 26.8 Å². The Morgan fingerprint density at radius 2 is 2.26 bits per heavy atom. The van der Waals surface area contributed by atoms with Crippen molar-refractivity contribution < 1.29 is 9.66 Å². The molecule has 0 spiro atoms. The van der Waals surface area contributed by atoms with Crippen molar-refractivity contribution in [2.75, 3.05) is 7.11 Å². The summed E-state index contributed by atoms with van der Waals surface area (Å²) in [6.07, 6.45) is 1.40. The number of methoxy groups -OCH3 is 1. The molecule has 0 unspecified atom stereocenters. The van der Waals surface area contributed by atoms with Gasteiger partial charge in [0, 0.05) is 17.8 Å². The van der Waals surface area contributed by atoms with E-state index in [9.17, 15) is 10.1 Å². The summed E-state index contributed by atoms with van der Waals surface area (Å²) in [4.78, 5) is 14.3. The van der Waals surface area contributed by atoms with Crippen LogP contribution >= 0.6 is 11.6 Å². The maximum Gasteiger partial charge on any atom is 0.408 e. The zero-order valence-electron chi connectivity index (χ0n) is 10.3. The van der Waals surface area contributed by atoms with Crippen molar-refractivity contribution in [3.8, 4) is 5.75 Å². The average Bonchev–Trinajstić information content (AvgIpc) is 2.69.